The van der Waals surface area contributed by atoms with E-state index in [9.17, 15) is 9.59 Å². The number of amides is 2. The highest BCUT2D eigenvalue weighted by Crippen LogP contribution is 2.62. The Kier molecular flexibility index (Phi) is 3.30. The second kappa shape index (κ2) is 5.67. The van der Waals surface area contributed by atoms with E-state index in [-0.39, 0.29) is 47.5 Å². The molecule has 5 nitrogen and oxygen atoms in total. The van der Waals surface area contributed by atoms with Crippen molar-refractivity contribution in [2.45, 2.75) is 12.5 Å². The summed E-state index contributed by atoms with van der Waals surface area (Å²) < 4.78 is 0. The summed E-state index contributed by atoms with van der Waals surface area (Å²) in [6.07, 6.45) is 0.679. The van der Waals surface area contributed by atoms with Crippen LogP contribution in [0.2, 0.25) is 5.02 Å². The van der Waals surface area contributed by atoms with E-state index in [0.29, 0.717) is 10.7 Å². The number of hydrogen-bond donors (Lipinski definition) is 0. The van der Waals surface area contributed by atoms with Gasteiger partial charge in [-0.2, -0.15) is 0 Å². The van der Waals surface area contributed by atoms with Gasteiger partial charge in [0.05, 0.1) is 23.2 Å². The molecule has 140 valence electrons. The molecule has 2 heterocycles. The van der Waals surface area contributed by atoms with Crippen LogP contribution in [0.5, 0.6) is 0 Å². The maximum atomic E-state index is 13.3. The molecule has 0 N–H and O–H groups in total. The SMILES string of the molecule is O=C1[C@@H]2[C@H]3C[C@@H]([C@@H]4C(c5ccccc5Cl)=NO[C@@H]34)[C@@H]2C(=O)N1c1ccccc1. The molecule has 0 unspecified atom stereocenters. The maximum absolute atomic E-state index is 13.3. The van der Waals surface area contributed by atoms with Gasteiger partial charge >= 0.3 is 0 Å². The summed E-state index contributed by atoms with van der Waals surface area (Å²) in [5.74, 6) is -0.692. The second-order valence-corrected chi connectivity index (χ2v) is 8.42. The highest BCUT2D eigenvalue weighted by atomic mass is 35.5. The van der Waals surface area contributed by atoms with E-state index < -0.39 is 0 Å². The molecule has 2 aliphatic carbocycles. The van der Waals surface area contributed by atoms with Gasteiger partial charge in [0.2, 0.25) is 11.8 Å². The zero-order valence-corrected chi connectivity index (χ0v) is 15.6. The lowest BCUT2D eigenvalue weighted by molar-refractivity contribution is -0.125. The monoisotopic (exact) mass is 392 g/mol. The number of para-hydroxylation sites is 1. The van der Waals surface area contributed by atoms with Gasteiger partial charge in [-0.3, -0.25) is 14.5 Å². The van der Waals surface area contributed by atoms with Crippen LogP contribution in [0.3, 0.4) is 0 Å². The van der Waals surface area contributed by atoms with E-state index in [4.69, 9.17) is 16.4 Å². The predicted octanol–water partition coefficient (Wildman–Crippen LogP) is 3.51. The lowest BCUT2D eigenvalue weighted by Gasteiger charge is -2.30. The van der Waals surface area contributed by atoms with Gasteiger partial charge in [-0.15, -0.1) is 0 Å². The Bertz CT molecular complexity index is 1040. The van der Waals surface area contributed by atoms with Gasteiger partial charge in [-0.05, 0) is 30.5 Å². The highest BCUT2D eigenvalue weighted by Gasteiger charge is 2.70. The van der Waals surface area contributed by atoms with E-state index in [1.807, 2.05) is 54.6 Å². The van der Waals surface area contributed by atoms with E-state index >= 15 is 0 Å². The molecular weight excluding hydrogens is 376 g/mol. The summed E-state index contributed by atoms with van der Waals surface area (Å²) in [6, 6.07) is 16.8. The number of hydrogen-bond acceptors (Lipinski definition) is 4. The fraction of sp³-hybridized carbons (Fsp3) is 0.318. The largest absolute Gasteiger partial charge is 0.391 e. The van der Waals surface area contributed by atoms with Gasteiger partial charge in [0.1, 0.15) is 6.10 Å². The van der Waals surface area contributed by atoms with Gasteiger partial charge in [0, 0.05) is 22.4 Å². The molecule has 0 spiro atoms. The Morgan fingerprint density at radius 2 is 1.57 bits per heavy atom. The average Bonchev–Trinajstić information content (AvgIpc) is 3.43. The molecule has 1 saturated heterocycles. The number of nitrogens with zero attached hydrogens (tertiary/aromatic N) is 2. The molecule has 3 fully saturated rings. The number of anilines is 1. The minimum Gasteiger partial charge on any atom is -0.391 e. The summed E-state index contributed by atoms with van der Waals surface area (Å²) in [4.78, 5) is 33.6. The van der Waals surface area contributed by atoms with Crippen molar-refractivity contribution in [3.8, 4) is 0 Å². The molecule has 6 atom stereocenters. The zero-order valence-electron chi connectivity index (χ0n) is 14.9. The van der Waals surface area contributed by atoms with E-state index in [1.165, 1.54) is 4.90 Å². The normalized spacial score (nSPS) is 35.0. The van der Waals surface area contributed by atoms with Crippen molar-refractivity contribution >= 4 is 34.8 Å². The maximum Gasteiger partial charge on any atom is 0.238 e. The van der Waals surface area contributed by atoms with E-state index in [2.05, 4.69) is 5.16 Å². The number of carbonyl (C=O) groups is 2. The third-order valence-electron chi connectivity index (χ3n) is 6.85. The molecule has 28 heavy (non-hydrogen) atoms. The second-order valence-electron chi connectivity index (χ2n) is 8.01. The first-order valence-corrected chi connectivity index (χ1v) is 9.96. The molecule has 2 aromatic rings. The van der Waals surface area contributed by atoms with Gasteiger partial charge in [-0.25, -0.2) is 0 Å². The fourth-order valence-corrected chi connectivity index (χ4v) is 6.08. The van der Waals surface area contributed by atoms with Crippen molar-refractivity contribution in [3.63, 3.8) is 0 Å². The van der Waals surface area contributed by atoms with Gasteiger partial charge in [-0.1, -0.05) is 53.2 Å². The molecular formula is C22H17ClN2O3. The summed E-state index contributed by atoms with van der Waals surface area (Å²) in [6.45, 7) is 0. The van der Waals surface area contributed by atoms with Crippen molar-refractivity contribution in [3.05, 3.63) is 65.2 Å². The first-order valence-electron chi connectivity index (χ1n) is 9.58. The molecule has 6 rings (SSSR count). The minimum atomic E-state index is -0.306. The molecule has 0 radical (unpaired) electrons. The van der Waals surface area contributed by atoms with Crippen LogP contribution in [0.4, 0.5) is 5.69 Å². The molecule has 4 aliphatic rings. The lowest BCUT2D eigenvalue weighted by atomic mass is 9.71. The summed E-state index contributed by atoms with van der Waals surface area (Å²) >= 11 is 6.40. The smallest absolute Gasteiger partial charge is 0.238 e. The minimum absolute atomic E-state index is 0.0126. The number of rotatable bonds is 2. The van der Waals surface area contributed by atoms with Gasteiger partial charge in [0.15, 0.2) is 0 Å². The van der Waals surface area contributed by atoms with Crippen molar-refractivity contribution in [2.75, 3.05) is 4.90 Å². The molecule has 0 aromatic heterocycles. The first kappa shape index (κ1) is 16.3. The molecule has 2 saturated carbocycles. The summed E-state index contributed by atoms with van der Waals surface area (Å²) in [5, 5.41) is 4.97. The standard InChI is InChI=1S/C22H17ClN2O3/c23-15-9-5-4-8-12(15)19-18-13-10-14(20(18)28-24-19)17-16(13)21(26)25(22(17)27)11-6-2-1-3-7-11/h1-9,13-14,16-18,20H,10H2/t13-,14-,16+,17-,18-,20+/m1/s1. The van der Waals surface area contributed by atoms with Crippen LogP contribution in [0, 0.1) is 29.6 Å². The Hall–Kier alpha value is -2.66. The Morgan fingerprint density at radius 1 is 0.893 bits per heavy atom. The summed E-state index contributed by atoms with van der Waals surface area (Å²) in [5.41, 5.74) is 2.33. The summed E-state index contributed by atoms with van der Waals surface area (Å²) in [7, 11) is 0. The van der Waals surface area contributed by atoms with Crippen molar-refractivity contribution in [1.29, 1.82) is 0 Å². The Balaban J connectivity index is 1.38. The Morgan fingerprint density at radius 3 is 2.32 bits per heavy atom. The molecule has 2 amide bonds. The van der Waals surface area contributed by atoms with Crippen LogP contribution in [-0.2, 0) is 14.4 Å². The number of halogens is 1. The van der Waals surface area contributed by atoms with Crippen molar-refractivity contribution in [2.24, 2.45) is 34.7 Å². The lowest BCUT2D eigenvalue weighted by Crippen LogP contribution is -2.41. The predicted molar refractivity (Wildman–Crippen MR) is 104 cm³/mol. The quantitative estimate of drug-likeness (QED) is 0.735. The molecule has 2 aliphatic heterocycles. The van der Waals surface area contributed by atoms with Crippen LogP contribution in [0.1, 0.15) is 12.0 Å². The third kappa shape index (κ3) is 1.95. The van der Waals surface area contributed by atoms with Gasteiger partial charge < -0.3 is 4.84 Å². The number of fused-ring (bicyclic) bond motifs is 8. The number of imide groups is 1. The highest BCUT2D eigenvalue weighted by molar-refractivity contribution is 6.34. The third-order valence-corrected chi connectivity index (χ3v) is 7.18. The van der Waals surface area contributed by atoms with Crippen LogP contribution in [-0.4, -0.2) is 23.6 Å². The van der Waals surface area contributed by atoms with E-state index in [0.717, 1.165) is 17.7 Å². The van der Waals surface area contributed by atoms with Crippen LogP contribution >= 0.6 is 11.6 Å². The van der Waals surface area contributed by atoms with Crippen molar-refractivity contribution in [1.82, 2.24) is 0 Å². The molecule has 2 aromatic carbocycles. The molecule has 6 heteroatoms. The number of carbonyl (C=O) groups excluding carboxylic acids is 2. The first-order chi connectivity index (χ1) is 13.7. The van der Waals surface area contributed by atoms with Crippen molar-refractivity contribution < 1.29 is 14.4 Å². The number of benzene rings is 2. The Labute approximate surface area is 166 Å². The molecule has 2 bridgehead atoms. The number of oxime groups is 1. The van der Waals surface area contributed by atoms with Gasteiger partial charge in [0.25, 0.3) is 0 Å². The van der Waals surface area contributed by atoms with Crippen LogP contribution in [0.15, 0.2) is 59.8 Å². The fourth-order valence-electron chi connectivity index (χ4n) is 5.85. The van der Waals surface area contributed by atoms with E-state index in [1.54, 1.807) is 0 Å². The van der Waals surface area contributed by atoms with Crippen LogP contribution < -0.4 is 4.90 Å². The average molecular weight is 393 g/mol. The topological polar surface area (TPSA) is 59.0 Å². The van der Waals surface area contributed by atoms with Crippen LogP contribution in [0.25, 0.3) is 0 Å². The zero-order chi connectivity index (χ0) is 19.0.